The minimum Gasteiger partial charge on any atom is -0.352 e. The third kappa shape index (κ3) is 7.80. The summed E-state index contributed by atoms with van der Waals surface area (Å²) in [4.78, 5) is 28.4. The maximum atomic E-state index is 13.8. The first kappa shape index (κ1) is 29.6. The van der Waals surface area contributed by atoms with Gasteiger partial charge in [0.05, 0.1) is 10.6 Å². The molecule has 0 heterocycles. The van der Waals surface area contributed by atoms with Crippen LogP contribution in [0.15, 0.2) is 89.8 Å². The number of nitrogens with zero attached hydrogens (tertiary/aromatic N) is 2. The number of hydrogen-bond acceptors (Lipinski definition) is 4. The Morgan fingerprint density at radius 3 is 2.05 bits per heavy atom. The molecule has 0 unspecified atom stereocenters. The largest absolute Gasteiger partial charge is 0.352 e. The second kappa shape index (κ2) is 13.7. The molecule has 0 spiro atoms. The second-order valence-electron chi connectivity index (χ2n) is 9.12. The predicted molar refractivity (Wildman–Crippen MR) is 159 cm³/mol. The Labute approximate surface area is 239 Å². The van der Waals surface area contributed by atoms with E-state index in [0.717, 1.165) is 19.9 Å². The van der Waals surface area contributed by atoms with Crippen molar-refractivity contribution in [3.8, 4) is 0 Å². The number of halogens is 1. The molecule has 2 atom stereocenters. The fourth-order valence-electron chi connectivity index (χ4n) is 3.89. The highest BCUT2D eigenvalue weighted by Gasteiger charge is 2.32. The van der Waals surface area contributed by atoms with Gasteiger partial charge in [-0.15, -0.1) is 0 Å². The monoisotopic (exact) mass is 647 g/mol. The Hall–Kier alpha value is -2.92. The molecule has 38 heavy (non-hydrogen) atoms. The Morgan fingerprint density at radius 2 is 1.47 bits per heavy atom. The Bertz CT molecular complexity index is 1300. The third-order valence-electron chi connectivity index (χ3n) is 6.38. The number of benzene rings is 3. The van der Waals surface area contributed by atoms with Gasteiger partial charge in [-0.2, -0.15) is 0 Å². The molecule has 0 saturated heterocycles. The zero-order valence-corrected chi connectivity index (χ0v) is 24.9. The van der Waals surface area contributed by atoms with Crippen molar-refractivity contribution in [3.05, 3.63) is 94.1 Å². The Kier molecular flexibility index (Phi) is 10.7. The van der Waals surface area contributed by atoms with Crippen molar-refractivity contribution in [2.45, 2.75) is 50.6 Å². The first-order valence-electron chi connectivity index (χ1n) is 12.6. The van der Waals surface area contributed by atoms with E-state index in [1.807, 2.05) is 44.2 Å². The summed E-state index contributed by atoms with van der Waals surface area (Å²) in [6.45, 7) is 5.39. The van der Waals surface area contributed by atoms with Crippen LogP contribution >= 0.6 is 22.6 Å². The molecule has 7 nitrogen and oxygen atoms in total. The molecule has 2 amide bonds. The molecule has 1 N–H and O–H groups in total. The van der Waals surface area contributed by atoms with Gasteiger partial charge in [0.25, 0.3) is 10.0 Å². The summed E-state index contributed by atoms with van der Waals surface area (Å²) in [7, 11) is -4.05. The van der Waals surface area contributed by atoms with Crippen LogP contribution in [0.4, 0.5) is 5.69 Å². The van der Waals surface area contributed by atoms with Crippen molar-refractivity contribution < 1.29 is 18.0 Å². The number of anilines is 1. The van der Waals surface area contributed by atoms with Crippen LogP contribution < -0.4 is 9.62 Å². The van der Waals surface area contributed by atoms with Crippen LogP contribution in [0.25, 0.3) is 0 Å². The van der Waals surface area contributed by atoms with E-state index < -0.39 is 28.5 Å². The molecule has 0 aromatic heterocycles. The second-order valence-corrected chi connectivity index (χ2v) is 12.2. The third-order valence-corrected chi connectivity index (χ3v) is 8.88. The zero-order valence-electron chi connectivity index (χ0n) is 21.9. The van der Waals surface area contributed by atoms with Crippen LogP contribution in [0.1, 0.15) is 32.8 Å². The summed E-state index contributed by atoms with van der Waals surface area (Å²) in [5.41, 5.74) is 1.40. The van der Waals surface area contributed by atoms with Crippen molar-refractivity contribution in [2.75, 3.05) is 17.4 Å². The van der Waals surface area contributed by atoms with E-state index in [4.69, 9.17) is 0 Å². The summed E-state index contributed by atoms with van der Waals surface area (Å²) >= 11 is 2.15. The number of nitrogens with one attached hydrogen (secondary N) is 1. The van der Waals surface area contributed by atoms with E-state index in [9.17, 15) is 18.0 Å². The average molecular weight is 648 g/mol. The zero-order chi connectivity index (χ0) is 27.7. The smallest absolute Gasteiger partial charge is 0.264 e. The fraction of sp³-hybridized carbons (Fsp3) is 0.310. The van der Waals surface area contributed by atoms with Gasteiger partial charge in [-0.3, -0.25) is 13.9 Å². The maximum absolute atomic E-state index is 13.8. The molecule has 0 radical (unpaired) electrons. The van der Waals surface area contributed by atoms with Crippen LogP contribution in [-0.2, 0) is 26.0 Å². The molecule has 9 heteroatoms. The summed E-state index contributed by atoms with van der Waals surface area (Å²) in [6, 6.07) is 23.9. The van der Waals surface area contributed by atoms with E-state index in [1.54, 1.807) is 49.4 Å². The number of rotatable bonds is 12. The summed E-state index contributed by atoms with van der Waals surface area (Å²) in [5.74, 6) is -0.724. The molecule has 3 rings (SSSR count). The van der Waals surface area contributed by atoms with Crippen LogP contribution in [0, 0.1) is 3.57 Å². The van der Waals surface area contributed by atoms with Gasteiger partial charge in [-0.1, -0.05) is 55.5 Å². The van der Waals surface area contributed by atoms with Crippen LogP contribution in [-0.4, -0.2) is 50.3 Å². The lowest BCUT2D eigenvalue weighted by Gasteiger charge is -2.32. The van der Waals surface area contributed by atoms with Crippen molar-refractivity contribution >= 4 is 50.1 Å². The first-order chi connectivity index (χ1) is 18.1. The van der Waals surface area contributed by atoms with E-state index in [-0.39, 0.29) is 23.4 Å². The van der Waals surface area contributed by atoms with Crippen molar-refractivity contribution in [3.63, 3.8) is 0 Å². The standard InChI is InChI=1S/C29H34IN3O4S/c1-4-22(2)31-29(35)23(3)32(20-19-24-11-7-5-8-12-24)28(34)21-33(26-17-15-25(30)16-18-26)38(36,37)27-13-9-6-10-14-27/h5-18,22-23H,4,19-21H2,1-3H3,(H,31,35)/t22-,23+/m1/s1. The maximum Gasteiger partial charge on any atom is 0.264 e. The van der Waals surface area contributed by atoms with Crippen molar-refractivity contribution in [1.29, 1.82) is 0 Å². The number of hydrogen-bond donors (Lipinski definition) is 1. The highest BCUT2D eigenvalue weighted by molar-refractivity contribution is 14.1. The number of sulfonamides is 1. The molecule has 0 aliphatic rings. The lowest BCUT2D eigenvalue weighted by atomic mass is 10.1. The molecule has 0 aliphatic carbocycles. The number of amides is 2. The first-order valence-corrected chi connectivity index (χ1v) is 15.1. The molecular formula is C29H34IN3O4S. The van der Waals surface area contributed by atoms with E-state index >= 15 is 0 Å². The fourth-order valence-corrected chi connectivity index (χ4v) is 5.69. The SMILES string of the molecule is CC[C@@H](C)NC(=O)[C@H](C)N(CCc1ccccc1)C(=O)CN(c1ccc(I)cc1)S(=O)(=O)c1ccccc1. The minimum atomic E-state index is -4.05. The minimum absolute atomic E-state index is 0.0437. The molecule has 0 fully saturated rings. The molecule has 0 bridgehead atoms. The molecule has 0 aliphatic heterocycles. The van der Waals surface area contributed by atoms with Crippen LogP contribution in [0.5, 0.6) is 0 Å². The quantitative estimate of drug-likeness (QED) is 0.285. The van der Waals surface area contributed by atoms with Crippen molar-refractivity contribution in [1.82, 2.24) is 10.2 Å². The number of carbonyl (C=O) groups excluding carboxylic acids is 2. The highest BCUT2D eigenvalue weighted by atomic mass is 127. The van der Waals surface area contributed by atoms with Gasteiger partial charge in [0.2, 0.25) is 11.8 Å². The van der Waals surface area contributed by atoms with Gasteiger partial charge in [0, 0.05) is 16.2 Å². The van der Waals surface area contributed by atoms with E-state index in [1.165, 1.54) is 17.0 Å². The van der Waals surface area contributed by atoms with Gasteiger partial charge in [0.15, 0.2) is 0 Å². The van der Waals surface area contributed by atoms with Gasteiger partial charge >= 0.3 is 0 Å². The van der Waals surface area contributed by atoms with Gasteiger partial charge in [0.1, 0.15) is 12.6 Å². The Morgan fingerprint density at radius 1 is 0.895 bits per heavy atom. The number of carbonyl (C=O) groups is 2. The van der Waals surface area contributed by atoms with Crippen molar-refractivity contribution in [2.24, 2.45) is 0 Å². The molecular weight excluding hydrogens is 613 g/mol. The summed E-state index contributed by atoms with van der Waals surface area (Å²) in [6.07, 6.45) is 1.29. The molecule has 3 aromatic carbocycles. The van der Waals surface area contributed by atoms with Gasteiger partial charge in [-0.05, 0) is 91.2 Å². The van der Waals surface area contributed by atoms with Gasteiger partial charge < -0.3 is 10.2 Å². The topological polar surface area (TPSA) is 86.8 Å². The summed E-state index contributed by atoms with van der Waals surface area (Å²) < 4.78 is 29.5. The van der Waals surface area contributed by atoms with E-state index in [2.05, 4.69) is 27.9 Å². The lowest BCUT2D eigenvalue weighted by Crippen LogP contribution is -2.53. The normalized spacial score (nSPS) is 12.8. The van der Waals surface area contributed by atoms with E-state index in [0.29, 0.717) is 12.1 Å². The average Bonchev–Trinajstić information content (AvgIpc) is 2.93. The Balaban J connectivity index is 1.95. The highest BCUT2D eigenvalue weighted by Crippen LogP contribution is 2.25. The van der Waals surface area contributed by atoms with Crippen LogP contribution in [0.2, 0.25) is 0 Å². The molecule has 3 aromatic rings. The summed E-state index contributed by atoms with van der Waals surface area (Å²) in [5, 5.41) is 2.94. The van der Waals surface area contributed by atoms with Crippen LogP contribution in [0.3, 0.4) is 0 Å². The lowest BCUT2D eigenvalue weighted by molar-refractivity contribution is -0.139. The molecule has 0 saturated carbocycles. The molecule has 202 valence electrons. The predicted octanol–water partition coefficient (Wildman–Crippen LogP) is 4.86. The van der Waals surface area contributed by atoms with Gasteiger partial charge in [-0.25, -0.2) is 8.42 Å².